The van der Waals surface area contributed by atoms with Gasteiger partial charge in [0.1, 0.15) is 16.9 Å². The molecule has 3 heterocycles. The number of hydrogen-bond acceptors (Lipinski definition) is 4. The summed E-state index contributed by atoms with van der Waals surface area (Å²) in [6, 6.07) is 14.7. The van der Waals surface area contributed by atoms with Gasteiger partial charge < -0.3 is 14.4 Å². The van der Waals surface area contributed by atoms with Gasteiger partial charge >= 0.3 is 0 Å². The van der Waals surface area contributed by atoms with E-state index in [0.29, 0.717) is 11.8 Å². The number of amides is 1. The van der Waals surface area contributed by atoms with Crippen LogP contribution in [0.4, 0.5) is 0 Å². The maximum Gasteiger partial charge on any atom is 0.225 e. The molecular formula is C27H28N2O3. The van der Waals surface area contributed by atoms with Crippen molar-refractivity contribution in [2.24, 2.45) is 5.92 Å². The molecule has 5 nitrogen and oxygen atoms in total. The van der Waals surface area contributed by atoms with Crippen LogP contribution in [0.15, 0.2) is 48.7 Å². The number of piperidine rings is 1. The average molecular weight is 429 g/mol. The van der Waals surface area contributed by atoms with E-state index in [1.807, 2.05) is 6.07 Å². The number of hydrogen-bond donors (Lipinski definition) is 0. The summed E-state index contributed by atoms with van der Waals surface area (Å²) in [5.41, 5.74) is 4.17. The highest BCUT2D eigenvalue weighted by Gasteiger charge is 2.42. The first-order valence-corrected chi connectivity index (χ1v) is 11.7. The van der Waals surface area contributed by atoms with Crippen LogP contribution in [-0.2, 0) is 11.2 Å². The van der Waals surface area contributed by atoms with Gasteiger partial charge in [-0.15, -0.1) is 0 Å². The fraction of sp³-hybridized carbons (Fsp3) is 0.407. The molecule has 2 fully saturated rings. The van der Waals surface area contributed by atoms with Crippen LogP contribution in [0, 0.1) is 5.92 Å². The molecule has 1 spiro atoms. The van der Waals surface area contributed by atoms with Crippen LogP contribution in [-0.4, -0.2) is 41.6 Å². The van der Waals surface area contributed by atoms with Crippen LogP contribution in [0.25, 0.3) is 22.0 Å². The number of aryl methyl sites for hydroxylation is 1. The van der Waals surface area contributed by atoms with Gasteiger partial charge in [-0.1, -0.05) is 18.2 Å². The Morgan fingerprint density at radius 2 is 1.97 bits per heavy atom. The van der Waals surface area contributed by atoms with Gasteiger partial charge in [-0.3, -0.25) is 9.78 Å². The highest BCUT2D eigenvalue weighted by molar-refractivity contribution is 5.92. The molecule has 1 saturated heterocycles. The first-order chi connectivity index (χ1) is 15.7. The highest BCUT2D eigenvalue weighted by atomic mass is 16.5. The Bertz CT molecular complexity index is 1190. The highest BCUT2D eigenvalue weighted by Crippen LogP contribution is 2.43. The molecule has 1 saturated carbocycles. The van der Waals surface area contributed by atoms with Gasteiger partial charge in [0.15, 0.2) is 5.75 Å². The Morgan fingerprint density at radius 1 is 1.12 bits per heavy atom. The van der Waals surface area contributed by atoms with E-state index in [-0.39, 0.29) is 5.60 Å². The standard InChI is InChI=1S/C27H28N2O3/c1-31-25-22(8-6-18-3-2-14-28-24(18)25)20-7-9-23-21(17-20)10-11-27(32-23)12-15-29(16-13-27)26(30)19-4-5-19/h2-3,6-9,14,17,19H,4-5,10-13,15-16H2,1H3. The number of aromatic nitrogens is 1. The summed E-state index contributed by atoms with van der Waals surface area (Å²) in [5, 5.41) is 1.07. The molecular weight excluding hydrogens is 400 g/mol. The van der Waals surface area contributed by atoms with Crippen LogP contribution in [0.5, 0.6) is 11.5 Å². The molecule has 1 aliphatic carbocycles. The van der Waals surface area contributed by atoms with Crippen molar-refractivity contribution >= 4 is 16.8 Å². The molecule has 5 heteroatoms. The van der Waals surface area contributed by atoms with E-state index in [9.17, 15) is 4.79 Å². The fourth-order valence-electron chi connectivity index (χ4n) is 5.32. The topological polar surface area (TPSA) is 51.7 Å². The number of methoxy groups -OCH3 is 1. The predicted molar refractivity (Wildman–Crippen MR) is 124 cm³/mol. The largest absolute Gasteiger partial charge is 0.494 e. The number of ether oxygens (including phenoxy) is 2. The van der Waals surface area contributed by atoms with Crippen LogP contribution in [0.1, 0.15) is 37.7 Å². The lowest BCUT2D eigenvalue weighted by molar-refractivity contribution is -0.136. The van der Waals surface area contributed by atoms with Gasteiger partial charge in [0.25, 0.3) is 0 Å². The van der Waals surface area contributed by atoms with Gasteiger partial charge in [-0.05, 0) is 61.1 Å². The van der Waals surface area contributed by atoms with Crippen LogP contribution < -0.4 is 9.47 Å². The van der Waals surface area contributed by atoms with E-state index in [1.54, 1.807) is 13.3 Å². The zero-order chi connectivity index (χ0) is 21.7. The van der Waals surface area contributed by atoms with E-state index in [1.165, 1.54) is 5.56 Å². The van der Waals surface area contributed by atoms with E-state index in [2.05, 4.69) is 46.3 Å². The molecule has 0 radical (unpaired) electrons. The van der Waals surface area contributed by atoms with Gasteiger partial charge in [0.2, 0.25) is 5.91 Å². The second-order valence-electron chi connectivity index (χ2n) is 9.43. The Labute approximate surface area is 188 Å². The van der Waals surface area contributed by atoms with Crippen molar-refractivity contribution in [1.82, 2.24) is 9.88 Å². The second-order valence-corrected chi connectivity index (χ2v) is 9.43. The third-order valence-electron chi connectivity index (χ3n) is 7.39. The lowest BCUT2D eigenvalue weighted by Crippen LogP contribution is -2.51. The number of pyridine rings is 1. The summed E-state index contributed by atoms with van der Waals surface area (Å²) in [6.45, 7) is 1.65. The first-order valence-electron chi connectivity index (χ1n) is 11.7. The van der Waals surface area contributed by atoms with Crippen molar-refractivity contribution in [3.05, 3.63) is 54.2 Å². The van der Waals surface area contributed by atoms with Crippen LogP contribution in [0.2, 0.25) is 0 Å². The smallest absolute Gasteiger partial charge is 0.225 e. The number of carbonyl (C=O) groups is 1. The lowest BCUT2D eigenvalue weighted by Gasteiger charge is -2.44. The molecule has 164 valence electrons. The molecule has 0 unspecified atom stereocenters. The van der Waals surface area contributed by atoms with Crippen LogP contribution >= 0.6 is 0 Å². The zero-order valence-corrected chi connectivity index (χ0v) is 18.5. The normalized spacial score (nSPS) is 19.5. The van der Waals surface area contributed by atoms with Crippen LogP contribution in [0.3, 0.4) is 0 Å². The van der Waals surface area contributed by atoms with Gasteiger partial charge in [-0.25, -0.2) is 0 Å². The molecule has 0 bridgehead atoms. The molecule has 0 N–H and O–H groups in total. The van der Waals surface area contributed by atoms with E-state index in [4.69, 9.17) is 9.47 Å². The first kappa shape index (κ1) is 19.6. The van der Waals surface area contributed by atoms with Crippen molar-refractivity contribution in [2.75, 3.05) is 20.2 Å². The van der Waals surface area contributed by atoms with E-state index in [0.717, 1.165) is 85.1 Å². The summed E-state index contributed by atoms with van der Waals surface area (Å²) >= 11 is 0. The van der Waals surface area contributed by atoms with Crippen molar-refractivity contribution in [3.63, 3.8) is 0 Å². The maximum absolute atomic E-state index is 12.4. The number of rotatable bonds is 3. The van der Waals surface area contributed by atoms with Crippen molar-refractivity contribution in [3.8, 4) is 22.6 Å². The van der Waals surface area contributed by atoms with Gasteiger partial charge in [0, 0.05) is 49.0 Å². The molecule has 6 rings (SSSR count). The SMILES string of the molecule is COc1c(-c2ccc3c(c2)CCC2(CCN(C(=O)C4CC4)CC2)O3)ccc2cccnc12. The number of nitrogens with zero attached hydrogens (tertiary/aromatic N) is 2. The lowest BCUT2D eigenvalue weighted by atomic mass is 9.82. The molecule has 32 heavy (non-hydrogen) atoms. The van der Waals surface area contributed by atoms with E-state index < -0.39 is 0 Å². The summed E-state index contributed by atoms with van der Waals surface area (Å²) in [7, 11) is 1.71. The summed E-state index contributed by atoms with van der Waals surface area (Å²) in [4.78, 5) is 19.0. The van der Waals surface area contributed by atoms with Crippen molar-refractivity contribution < 1.29 is 14.3 Å². The zero-order valence-electron chi connectivity index (χ0n) is 18.5. The minimum Gasteiger partial charge on any atom is -0.494 e. The van der Waals surface area contributed by atoms with Gasteiger partial charge in [0.05, 0.1) is 7.11 Å². The Hall–Kier alpha value is -3.08. The number of benzene rings is 2. The second kappa shape index (κ2) is 7.51. The molecule has 3 aromatic rings. The quantitative estimate of drug-likeness (QED) is 0.589. The molecule has 1 amide bonds. The third-order valence-corrected chi connectivity index (χ3v) is 7.39. The molecule has 2 aliphatic heterocycles. The maximum atomic E-state index is 12.4. The summed E-state index contributed by atoms with van der Waals surface area (Å²) < 4.78 is 12.4. The third kappa shape index (κ3) is 3.31. The minimum absolute atomic E-state index is 0.126. The Morgan fingerprint density at radius 3 is 2.75 bits per heavy atom. The molecule has 1 aromatic heterocycles. The predicted octanol–water partition coefficient (Wildman–Crippen LogP) is 5.01. The number of likely N-dealkylation sites (tertiary alicyclic amines) is 1. The van der Waals surface area contributed by atoms with E-state index >= 15 is 0 Å². The Kier molecular flexibility index (Phi) is 4.60. The number of carbonyl (C=O) groups excluding carboxylic acids is 1. The molecule has 2 aromatic carbocycles. The molecule has 0 atom stereocenters. The minimum atomic E-state index is -0.126. The van der Waals surface area contributed by atoms with Crippen molar-refractivity contribution in [2.45, 2.75) is 44.1 Å². The Balaban J connectivity index is 1.24. The monoisotopic (exact) mass is 428 g/mol. The summed E-state index contributed by atoms with van der Waals surface area (Å²) in [6.07, 6.45) is 7.81. The van der Waals surface area contributed by atoms with Gasteiger partial charge in [-0.2, -0.15) is 0 Å². The number of fused-ring (bicyclic) bond motifs is 2. The average Bonchev–Trinajstić information content (AvgIpc) is 3.69. The van der Waals surface area contributed by atoms with Crippen molar-refractivity contribution in [1.29, 1.82) is 0 Å². The fourth-order valence-corrected chi connectivity index (χ4v) is 5.32. The summed E-state index contributed by atoms with van der Waals surface area (Å²) in [5.74, 6) is 2.46. The molecule has 3 aliphatic rings.